The molecule has 120 valence electrons. The van der Waals surface area contributed by atoms with Gasteiger partial charge in [0.15, 0.2) is 0 Å². The number of hydrogen-bond acceptors (Lipinski definition) is 2. The lowest BCUT2D eigenvalue weighted by molar-refractivity contribution is 0.0846. The summed E-state index contributed by atoms with van der Waals surface area (Å²) < 4.78 is 7.72. The summed E-state index contributed by atoms with van der Waals surface area (Å²) in [7, 11) is 0. The monoisotopic (exact) mass is 340 g/mol. The minimum Gasteiger partial charge on any atom is -0.361 e. The second-order valence-electron chi connectivity index (χ2n) is 5.65. The number of ether oxygens (including phenoxy) is 1. The highest BCUT2D eigenvalue weighted by Crippen LogP contribution is 2.26. The van der Waals surface area contributed by atoms with E-state index in [1.54, 1.807) is 6.07 Å². The fraction of sp³-hybridized carbons (Fsp3) is 0.471. The molecule has 1 aromatic heterocycles. The minimum absolute atomic E-state index is 0.353. The normalized spacial score (nSPS) is 11.4. The maximum atomic E-state index is 6.12. The van der Waals surface area contributed by atoms with E-state index in [2.05, 4.69) is 18.4 Å². The molecular weight excluding hydrogens is 319 g/mol. The summed E-state index contributed by atoms with van der Waals surface area (Å²) in [5.74, 6) is 1.33. The van der Waals surface area contributed by atoms with Crippen molar-refractivity contribution < 1.29 is 4.74 Å². The molecule has 0 N–H and O–H groups in total. The van der Waals surface area contributed by atoms with E-state index in [1.165, 1.54) is 5.69 Å². The topological polar surface area (TPSA) is 27.1 Å². The molecule has 0 aliphatic heterocycles. The number of hydrogen-bond donors (Lipinski definition) is 0. The van der Waals surface area contributed by atoms with Gasteiger partial charge in [-0.15, -0.1) is 0 Å². The molecule has 0 unspecified atom stereocenters. The summed E-state index contributed by atoms with van der Waals surface area (Å²) in [4.78, 5) is 4.72. The molecule has 0 bridgehead atoms. The Labute approximate surface area is 142 Å². The van der Waals surface area contributed by atoms with E-state index in [-0.39, 0.29) is 0 Å². The number of rotatable bonds is 6. The zero-order valence-electron chi connectivity index (χ0n) is 13.5. The van der Waals surface area contributed by atoms with Crippen LogP contribution in [-0.2, 0) is 17.9 Å². The molecule has 0 atom stereocenters. The van der Waals surface area contributed by atoms with Crippen molar-refractivity contribution in [2.45, 2.75) is 46.8 Å². The molecule has 22 heavy (non-hydrogen) atoms. The first-order valence-electron chi connectivity index (χ1n) is 7.51. The molecule has 0 saturated heterocycles. The van der Waals surface area contributed by atoms with Gasteiger partial charge >= 0.3 is 0 Å². The first kappa shape index (κ1) is 17.3. The van der Waals surface area contributed by atoms with Crippen LogP contribution in [0.5, 0.6) is 0 Å². The lowest BCUT2D eigenvalue weighted by Gasteiger charge is -2.13. The molecule has 0 saturated carbocycles. The highest BCUT2D eigenvalue weighted by Gasteiger charge is 2.18. The Balaban J connectivity index is 2.42. The number of imidazole rings is 1. The Kier molecular flexibility index (Phi) is 5.90. The van der Waals surface area contributed by atoms with Crippen LogP contribution in [0.3, 0.4) is 0 Å². The molecular formula is C17H22Cl2N2O. The summed E-state index contributed by atoms with van der Waals surface area (Å²) in [5, 5.41) is 1.31. The highest BCUT2D eigenvalue weighted by molar-refractivity contribution is 6.34. The van der Waals surface area contributed by atoms with Crippen LogP contribution in [-0.4, -0.2) is 16.2 Å². The van der Waals surface area contributed by atoms with E-state index in [0.29, 0.717) is 29.3 Å². The van der Waals surface area contributed by atoms with Crippen LogP contribution in [0, 0.1) is 6.92 Å². The number of nitrogens with zero attached hydrogens (tertiary/aromatic N) is 2. The molecule has 0 radical (unpaired) electrons. The van der Waals surface area contributed by atoms with Crippen LogP contribution in [0.15, 0.2) is 18.2 Å². The second-order valence-corrected chi connectivity index (χ2v) is 6.52. The summed E-state index contributed by atoms with van der Waals surface area (Å²) in [6.07, 6.45) is 0.738. The van der Waals surface area contributed by atoms with Crippen molar-refractivity contribution in [1.29, 1.82) is 0 Å². The van der Waals surface area contributed by atoms with E-state index in [0.717, 1.165) is 23.5 Å². The van der Waals surface area contributed by atoms with Crippen LogP contribution in [0.25, 0.3) is 0 Å². The molecule has 1 aromatic carbocycles. The fourth-order valence-electron chi connectivity index (χ4n) is 2.54. The summed E-state index contributed by atoms with van der Waals surface area (Å²) in [5.41, 5.74) is 3.35. The van der Waals surface area contributed by atoms with Gasteiger partial charge in [0.25, 0.3) is 0 Å². The number of aromatic nitrogens is 2. The molecule has 3 nitrogen and oxygen atoms in total. The van der Waals surface area contributed by atoms with Crippen molar-refractivity contribution in [1.82, 2.24) is 9.55 Å². The van der Waals surface area contributed by atoms with Gasteiger partial charge in [-0.05, 0) is 43.5 Å². The number of benzene rings is 1. The van der Waals surface area contributed by atoms with Gasteiger partial charge in [-0.1, -0.05) is 37.0 Å². The van der Waals surface area contributed by atoms with Crippen molar-refractivity contribution in [3.05, 3.63) is 51.0 Å². The maximum Gasteiger partial charge on any atom is 0.124 e. The minimum atomic E-state index is 0.353. The van der Waals surface area contributed by atoms with Crippen LogP contribution < -0.4 is 0 Å². The standard InChI is InChI=1S/C17H22Cl2N2O/c1-5-22-10-21-12(4)20-17(11(2)3)16(21)8-13-6-14(18)9-15(19)7-13/h6-7,9,11H,5,8,10H2,1-4H3. The summed E-state index contributed by atoms with van der Waals surface area (Å²) in [6.45, 7) is 9.51. The van der Waals surface area contributed by atoms with E-state index in [1.807, 2.05) is 26.0 Å². The van der Waals surface area contributed by atoms with Gasteiger partial charge in [-0.2, -0.15) is 0 Å². The Morgan fingerprint density at radius 3 is 2.36 bits per heavy atom. The van der Waals surface area contributed by atoms with Gasteiger partial charge in [0.05, 0.1) is 5.69 Å². The molecule has 1 heterocycles. The third-order valence-electron chi connectivity index (χ3n) is 3.56. The first-order chi connectivity index (χ1) is 10.4. The van der Waals surface area contributed by atoms with Gasteiger partial charge in [-0.25, -0.2) is 4.98 Å². The quantitative estimate of drug-likeness (QED) is 0.721. The van der Waals surface area contributed by atoms with E-state index >= 15 is 0 Å². The van der Waals surface area contributed by atoms with Crippen LogP contribution in [0.1, 0.15) is 49.5 Å². The Morgan fingerprint density at radius 1 is 1.18 bits per heavy atom. The van der Waals surface area contributed by atoms with Crippen LogP contribution >= 0.6 is 23.2 Å². The predicted octanol–water partition coefficient (Wildman–Crippen LogP) is 5.21. The zero-order valence-corrected chi connectivity index (χ0v) is 15.0. The third kappa shape index (κ3) is 4.03. The van der Waals surface area contributed by atoms with Gasteiger partial charge in [0.1, 0.15) is 12.6 Å². The first-order valence-corrected chi connectivity index (χ1v) is 8.26. The predicted molar refractivity (Wildman–Crippen MR) is 91.9 cm³/mol. The Hall–Kier alpha value is -1.03. The summed E-state index contributed by atoms with van der Waals surface area (Å²) >= 11 is 12.2. The zero-order chi connectivity index (χ0) is 16.3. The molecule has 0 fully saturated rings. The summed E-state index contributed by atoms with van der Waals surface area (Å²) in [6, 6.07) is 5.65. The van der Waals surface area contributed by atoms with Crippen molar-refractivity contribution in [2.24, 2.45) is 0 Å². The van der Waals surface area contributed by atoms with Crippen molar-refractivity contribution >= 4 is 23.2 Å². The molecule has 0 amide bonds. The second kappa shape index (κ2) is 7.49. The van der Waals surface area contributed by atoms with Crippen LogP contribution in [0.4, 0.5) is 0 Å². The van der Waals surface area contributed by atoms with Gasteiger partial charge < -0.3 is 9.30 Å². The Bertz CT molecular complexity index is 630. The van der Waals surface area contributed by atoms with E-state index in [4.69, 9.17) is 32.9 Å². The molecule has 0 spiro atoms. The van der Waals surface area contributed by atoms with Gasteiger partial charge in [0.2, 0.25) is 0 Å². The molecule has 0 aliphatic carbocycles. The molecule has 2 rings (SSSR count). The van der Waals surface area contributed by atoms with Crippen molar-refractivity contribution in [3.8, 4) is 0 Å². The smallest absolute Gasteiger partial charge is 0.124 e. The van der Waals surface area contributed by atoms with Crippen molar-refractivity contribution in [3.63, 3.8) is 0 Å². The molecule has 5 heteroatoms. The SMILES string of the molecule is CCOCn1c(C)nc(C(C)C)c1Cc1cc(Cl)cc(Cl)c1. The lowest BCUT2D eigenvalue weighted by atomic mass is 10.0. The average molecular weight is 341 g/mol. The highest BCUT2D eigenvalue weighted by atomic mass is 35.5. The van der Waals surface area contributed by atoms with Gasteiger partial charge in [-0.3, -0.25) is 0 Å². The molecule has 2 aromatic rings. The Morgan fingerprint density at radius 2 is 1.82 bits per heavy atom. The third-order valence-corrected chi connectivity index (χ3v) is 4.00. The molecule has 0 aliphatic rings. The number of aryl methyl sites for hydroxylation is 1. The van der Waals surface area contributed by atoms with Crippen molar-refractivity contribution in [2.75, 3.05) is 6.61 Å². The largest absolute Gasteiger partial charge is 0.361 e. The van der Waals surface area contributed by atoms with E-state index < -0.39 is 0 Å². The average Bonchev–Trinajstić information content (AvgIpc) is 2.72. The van der Waals surface area contributed by atoms with Gasteiger partial charge in [0, 0.05) is 28.8 Å². The maximum absolute atomic E-state index is 6.12. The fourth-order valence-corrected chi connectivity index (χ4v) is 3.11. The number of halogens is 2. The lowest BCUT2D eigenvalue weighted by Crippen LogP contribution is -2.10. The van der Waals surface area contributed by atoms with Crippen LogP contribution in [0.2, 0.25) is 10.0 Å². The van der Waals surface area contributed by atoms with E-state index in [9.17, 15) is 0 Å².